The zero-order chi connectivity index (χ0) is 11.6. The van der Waals surface area contributed by atoms with Gasteiger partial charge in [-0.2, -0.15) is 0 Å². The zero-order valence-electron chi connectivity index (χ0n) is 7.60. The van der Waals surface area contributed by atoms with Crippen molar-refractivity contribution in [1.82, 2.24) is 4.98 Å². The number of alkyl halides is 4. The van der Waals surface area contributed by atoms with Crippen molar-refractivity contribution in [2.75, 3.05) is 0 Å². The summed E-state index contributed by atoms with van der Waals surface area (Å²) < 4.78 is 51.5. The second-order valence-corrected chi connectivity index (χ2v) is 2.73. The SMILES string of the molecule is Cc1c(CF)ncc(O)c1OC(F)(F)F. The van der Waals surface area contributed by atoms with E-state index in [-0.39, 0.29) is 11.3 Å². The van der Waals surface area contributed by atoms with Gasteiger partial charge in [-0.3, -0.25) is 4.98 Å². The summed E-state index contributed by atoms with van der Waals surface area (Å²) >= 11 is 0. The van der Waals surface area contributed by atoms with E-state index >= 15 is 0 Å². The van der Waals surface area contributed by atoms with Crippen LogP contribution >= 0.6 is 0 Å². The molecule has 0 amide bonds. The monoisotopic (exact) mass is 225 g/mol. The van der Waals surface area contributed by atoms with Gasteiger partial charge in [0.25, 0.3) is 0 Å². The minimum absolute atomic E-state index is 0.171. The molecule has 1 N–H and O–H groups in total. The number of pyridine rings is 1. The summed E-state index contributed by atoms with van der Waals surface area (Å²) in [6.45, 7) is 0.156. The van der Waals surface area contributed by atoms with E-state index in [1.54, 1.807) is 0 Å². The molecule has 0 aliphatic heterocycles. The third-order valence-electron chi connectivity index (χ3n) is 1.69. The fraction of sp³-hybridized carbons (Fsp3) is 0.375. The van der Waals surface area contributed by atoms with Crippen molar-refractivity contribution < 1.29 is 27.4 Å². The number of hydrogen-bond donors (Lipinski definition) is 1. The van der Waals surface area contributed by atoms with Gasteiger partial charge < -0.3 is 9.84 Å². The maximum Gasteiger partial charge on any atom is 0.573 e. The molecule has 0 spiro atoms. The van der Waals surface area contributed by atoms with Crippen LogP contribution in [-0.4, -0.2) is 16.5 Å². The first kappa shape index (κ1) is 11.5. The van der Waals surface area contributed by atoms with Gasteiger partial charge in [0.15, 0.2) is 11.5 Å². The molecule has 3 nitrogen and oxygen atoms in total. The summed E-state index contributed by atoms with van der Waals surface area (Å²) in [6, 6.07) is 0. The molecule has 0 fully saturated rings. The topological polar surface area (TPSA) is 42.4 Å². The third kappa shape index (κ3) is 2.71. The average molecular weight is 225 g/mol. The van der Waals surface area contributed by atoms with Crippen LogP contribution < -0.4 is 4.74 Å². The molecule has 0 radical (unpaired) electrons. The van der Waals surface area contributed by atoms with E-state index in [2.05, 4.69) is 9.72 Å². The van der Waals surface area contributed by atoms with Gasteiger partial charge in [0.1, 0.15) is 6.67 Å². The van der Waals surface area contributed by atoms with Gasteiger partial charge in [-0.1, -0.05) is 0 Å². The Morgan fingerprint density at radius 3 is 2.53 bits per heavy atom. The first-order valence-corrected chi connectivity index (χ1v) is 3.84. The Hall–Kier alpha value is -1.53. The quantitative estimate of drug-likeness (QED) is 0.786. The molecule has 0 saturated heterocycles. The number of halogens is 4. The first-order chi connectivity index (χ1) is 6.85. The summed E-state index contributed by atoms with van der Waals surface area (Å²) in [5, 5.41) is 9.06. The van der Waals surface area contributed by atoms with Gasteiger partial charge in [-0.25, -0.2) is 4.39 Å². The Labute approximate surface area is 82.3 Å². The molecule has 0 aliphatic carbocycles. The van der Waals surface area contributed by atoms with E-state index in [0.717, 1.165) is 0 Å². The van der Waals surface area contributed by atoms with Gasteiger partial charge in [0.2, 0.25) is 0 Å². The molecule has 0 unspecified atom stereocenters. The van der Waals surface area contributed by atoms with Gasteiger partial charge in [-0.05, 0) is 6.92 Å². The highest BCUT2D eigenvalue weighted by molar-refractivity contribution is 5.45. The Balaban J connectivity index is 3.15. The van der Waals surface area contributed by atoms with Crippen molar-refractivity contribution in [1.29, 1.82) is 0 Å². The highest BCUT2D eigenvalue weighted by Gasteiger charge is 2.33. The van der Waals surface area contributed by atoms with Crippen LogP contribution in [0, 0.1) is 6.92 Å². The molecule has 0 atom stereocenters. The smallest absolute Gasteiger partial charge is 0.503 e. The molecule has 15 heavy (non-hydrogen) atoms. The molecular formula is C8H7F4NO2. The molecule has 0 bridgehead atoms. The van der Waals surface area contributed by atoms with Crippen LogP contribution in [0.25, 0.3) is 0 Å². The highest BCUT2D eigenvalue weighted by Crippen LogP contribution is 2.35. The number of ether oxygens (including phenoxy) is 1. The summed E-state index contributed by atoms with van der Waals surface area (Å²) in [4.78, 5) is 3.41. The molecule has 0 aliphatic rings. The number of rotatable bonds is 2. The number of hydrogen-bond acceptors (Lipinski definition) is 3. The molecule has 1 aromatic heterocycles. The predicted molar refractivity (Wildman–Crippen MR) is 42.1 cm³/mol. The predicted octanol–water partition coefficient (Wildman–Crippen LogP) is 2.46. The molecule has 84 valence electrons. The van der Waals surface area contributed by atoms with Crippen molar-refractivity contribution in [3.8, 4) is 11.5 Å². The van der Waals surface area contributed by atoms with E-state index in [1.807, 2.05) is 0 Å². The fourth-order valence-corrected chi connectivity index (χ4v) is 0.997. The molecular weight excluding hydrogens is 218 g/mol. The summed E-state index contributed by atoms with van der Waals surface area (Å²) in [7, 11) is 0. The van der Waals surface area contributed by atoms with E-state index in [0.29, 0.717) is 6.20 Å². The lowest BCUT2D eigenvalue weighted by molar-refractivity contribution is -0.275. The van der Waals surface area contributed by atoms with Gasteiger partial charge in [0.05, 0.1) is 11.9 Å². The van der Waals surface area contributed by atoms with Crippen molar-refractivity contribution in [2.24, 2.45) is 0 Å². The molecule has 0 aromatic carbocycles. The van der Waals surface area contributed by atoms with Gasteiger partial charge in [0, 0.05) is 5.56 Å². The fourth-order valence-electron chi connectivity index (χ4n) is 0.997. The minimum atomic E-state index is -4.93. The second kappa shape index (κ2) is 3.92. The average Bonchev–Trinajstić information content (AvgIpc) is 2.11. The molecule has 1 heterocycles. The van der Waals surface area contributed by atoms with Crippen LogP contribution in [0.4, 0.5) is 17.6 Å². The Morgan fingerprint density at radius 2 is 2.07 bits per heavy atom. The third-order valence-corrected chi connectivity index (χ3v) is 1.69. The van der Waals surface area contributed by atoms with Crippen LogP contribution in [0.15, 0.2) is 6.20 Å². The maximum absolute atomic E-state index is 12.2. The summed E-state index contributed by atoms with van der Waals surface area (Å²) in [6.07, 6.45) is -4.22. The van der Waals surface area contributed by atoms with Crippen LogP contribution in [0.1, 0.15) is 11.3 Å². The first-order valence-electron chi connectivity index (χ1n) is 3.84. The molecule has 1 rings (SSSR count). The van der Waals surface area contributed by atoms with Crippen LogP contribution in [-0.2, 0) is 6.67 Å². The van der Waals surface area contributed by atoms with E-state index in [9.17, 15) is 17.6 Å². The number of nitrogens with zero attached hydrogens (tertiary/aromatic N) is 1. The normalized spacial score (nSPS) is 11.5. The van der Waals surface area contributed by atoms with E-state index in [1.165, 1.54) is 6.92 Å². The standard InChI is InChI=1S/C8H7F4NO2/c1-4-5(2-9)13-3-6(14)7(4)15-8(10,11)12/h3,14H,2H2,1H3. The lowest BCUT2D eigenvalue weighted by Gasteiger charge is -2.13. The lowest BCUT2D eigenvalue weighted by atomic mass is 10.2. The molecule has 7 heteroatoms. The Morgan fingerprint density at radius 1 is 1.47 bits per heavy atom. The van der Waals surface area contributed by atoms with Crippen LogP contribution in [0.3, 0.4) is 0 Å². The van der Waals surface area contributed by atoms with Crippen molar-refractivity contribution >= 4 is 0 Å². The maximum atomic E-state index is 12.2. The van der Waals surface area contributed by atoms with Crippen molar-refractivity contribution in [3.63, 3.8) is 0 Å². The van der Waals surface area contributed by atoms with Crippen molar-refractivity contribution in [2.45, 2.75) is 20.0 Å². The number of aromatic nitrogens is 1. The Kier molecular flexibility index (Phi) is 3.01. The van der Waals surface area contributed by atoms with Gasteiger partial charge >= 0.3 is 6.36 Å². The van der Waals surface area contributed by atoms with Crippen molar-refractivity contribution in [3.05, 3.63) is 17.5 Å². The minimum Gasteiger partial charge on any atom is -0.503 e. The summed E-state index contributed by atoms with van der Waals surface area (Å²) in [5.41, 5.74) is -0.373. The lowest BCUT2D eigenvalue weighted by Crippen LogP contribution is -2.18. The zero-order valence-corrected chi connectivity index (χ0v) is 7.60. The largest absolute Gasteiger partial charge is 0.573 e. The van der Waals surface area contributed by atoms with Crippen LogP contribution in [0.2, 0.25) is 0 Å². The number of aromatic hydroxyl groups is 1. The Bertz CT molecular complexity index is 364. The molecule has 1 aromatic rings. The summed E-state index contributed by atoms with van der Waals surface area (Å²) in [5.74, 6) is -1.59. The highest BCUT2D eigenvalue weighted by atomic mass is 19.4. The van der Waals surface area contributed by atoms with Crippen LogP contribution in [0.5, 0.6) is 11.5 Å². The second-order valence-electron chi connectivity index (χ2n) is 2.73. The van der Waals surface area contributed by atoms with Gasteiger partial charge in [-0.15, -0.1) is 13.2 Å². The molecule has 0 saturated carbocycles. The van der Waals surface area contributed by atoms with E-state index < -0.39 is 24.5 Å². The van der Waals surface area contributed by atoms with E-state index in [4.69, 9.17) is 5.11 Å².